The zero-order valence-electron chi connectivity index (χ0n) is 8.34. The van der Waals surface area contributed by atoms with Crippen LogP contribution in [0.4, 0.5) is 0 Å². The highest BCUT2D eigenvalue weighted by atomic mass is 16.5. The third kappa shape index (κ3) is 2.19. The molecule has 0 atom stereocenters. The Morgan fingerprint density at radius 1 is 1.54 bits per heavy atom. The quantitative estimate of drug-likeness (QED) is 0.491. The van der Waals surface area contributed by atoms with Gasteiger partial charge in [0.05, 0.1) is 5.41 Å². The number of rotatable bonds is 2. The predicted molar refractivity (Wildman–Crippen MR) is 49.4 cm³/mol. The van der Waals surface area contributed by atoms with Gasteiger partial charge in [-0.05, 0) is 32.9 Å². The lowest BCUT2D eigenvalue weighted by Crippen LogP contribution is -2.46. The lowest BCUT2D eigenvalue weighted by atomic mass is 9.80. The number of piperidine rings is 1. The molecule has 1 rings (SSSR count). The molecule has 0 aromatic heterocycles. The topological polar surface area (TPSA) is 52.6 Å². The summed E-state index contributed by atoms with van der Waals surface area (Å²) in [4.78, 5) is 11.7. The standard InChI is InChI=1S/C9H18N2O2/c1-3-11(13)8(12)9(2)4-6-10-7-5-9/h10,13H,3-7H2,1-2H3. The van der Waals surface area contributed by atoms with E-state index in [-0.39, 0.29) is 11.3 Å². The normalized spacial score (nSPS) is 21.2. The van der Waals surface area contributed by atoms with Crippen molar-refractivity contribution in [1.29, 1.82) is 0 Å². The van der Waals surface area contributed by atoms with Crippen molar-refractivity contribution in [3.05, 3.63) is 0 Å². The fourth-order valence-electron chi connectivity index (χ4n) is 1.65. The van der Waals surface area contributed by atoms with Crippen LogP contribution in [0, 0.1) is 5.41 Å². The molecule has 0 radical (unpaired) electrons. The van der Waals surface area contributed by atoms with E-state index < -0.39 is 0 Å². The number of hydroxylamine groups is 2. The Hall–Kier alpha value is -0.610. The SMILES string of the molecule is CCN(O)C(=O)C1(C)CCNCC1. The van der Waals surface area contributed by atoms with E-state index in [0.29, 0.717) is 6.54 Å². The lowest BCUT2D eigenvalue weighted by molar-refractivity contribution is -0.176. The molecular formula is C9H18N2O2. The number of hydrogen-bond donors (Lipinski definition) is 2. The van der Waals surface area contributed by atoms with E-state index in [4.69, 9.17) is 0 Å². The minimum atomic E-state index is -0.365. The maximum Gasteiger partial charge on any atom is 0.251 e. The Balaban J connectivity index is 2.61. The summed E-state index contributed by atoms with van der Waals surface area (Å²) in [5.41, 5.74) is -0.365. The van der Waals surface area contributed by atoms with Crippen LogP contribution in [0.2, 0.25) is 0 Å². The summed E-state index contributed by atoms with van der Waals surface area (Å²) < 4.78 is 0. The van der Waals surface area contributed by atoms with E-state index >= 15 is 0 Å². The first kappa shape index (κ1) is 10.5. The molecule has 76 valence electrons. The third-order valence-electron chi connectivity index (χ3n) is 2.76. The van der Waals surface area contributed by atoms with E-state index in [2.05, 4.69) is 5.32 Å². The second kappa shape index (κ2) is 4.07. The zero-order chi connectivity index (χ0) is 9.90. The molecule has 1 heterocycles. The minimum absolute atomic E-state index is 0.142. The van der Waals surface area contributed by atoms with E-state index in [0.717, 1.165) is 31.0 Å². The average Bonchev–Trinajstić information content (AvgIpc) is 2.16. The Kier molecular flexibility index (Phi) is 3.27. The van der Waals surface area contributed by atoms with Gasteiger partial charge in [0, 0.05) is 6.54 Å². The Labute approximate surface area is 78.9 Å². The Bertz CT molecular complexity index is 188. The largest absolute Gasteiger partial charge is 0.317 e. The molecular weight excluding hydrogens is 168 g/mol. The highest BCUT2D eigenvalue weighted by molar-refractivity contribution is 5.81. The van der Waals surface area contributed by atoms with Crippen molar-refractivity contribution in [3.63, 3.8) is 0 Å². The summed E-state index contributed by atoms with van der Waals surface area (Å²) in [5.74, 6) is -0.142. The summed E-state index contributed by atoms with van der Waals surface area (Å²) in [6, 6.07) is 0. The molecule has 4 nitrogen and oxygen atoms in total. The van der Waals surface area contributed by atoms with Crippen LogP contribution in [0.3, 0.4) is 0 Å². The van der Waals surface area contributed by atoms with Crippen molar-refractivity contribution in [2.45, 2.75) is 26.7 Å². The van der Waals surface area contributed by atoms with Crippen molar-refractivity contribution < 1.29 is 10.0 Å². The third-order valence-corrected chi connectivity index (χ3v) is 2.76. The van der Waals surface area contributed by atoms with Crippen molar-refractivity contribution >= 4 is 5.91 Å². The van der Waals surface area contributed by atoms with Gasteiger partial charge in [0.15, 0.2) is 0 Å². The van der Waals surface area contributed by atoms with Gasteiger partial charge < -0.3 is 5.32 Å². The lowest BCUT2D eigenvalue weighted by Gasteiger charge is -2.34. The van der Waals surface area contributed by atoms with Crippen LogP contribution in [0.5, 0.6) is 0 Å². The monoisotopic (exact) mass is 186 g/mol. The molecule has 0 saturated carbocycles. The van der Waals surface area contributed by atoms with Gasteiger partial charge in [-0.1, -0.05) is 6.92 Å². The highest BCUT2D eigenvalue weighted by Gasteiger charge is 2.36. The number of nitrogens with one attached hydrogen (secondary N) is 1. The van der Waals surface area contributed by atoms with Gasteiger partial charge in [-0.15, -0.1) is 0 Å². The Morgan fingerprint density at radius 2 is 2.08 bits per heavy atom. The van der Waals surface area contributed by atoms with Gasteiger partial charge >= 0.3 is 0 Å². The van der Waals surface area contributed by atoms with Crippen LogP contribution >= 0.6 is 0 Å². The van der Waals surface area contributed by atoms with Gasteiger partial charge in [-0.25, -0.2) is 5.06 Å². The number of hydrogen-bond acceptors (Lipinski definition) is 3. The average molecular weight is 186 g/mol. The molecule has 1 aliphatic heterocycles. The van der Waals surface area contributed by atoms with Gasteiger partial charge in [-0.3, -0.25) is 10.0 Å². The van der Waals surface area contributed by atoms with Crippen LogP contribution in [0.15, 0.2) is 0 Å². The van der Waals surface area contributed by atoms with Gasteiger partial charge in [0.2, 0.25) is 0 Å². The highest BCUT2D eigenvalue weighted by Crippen LogP contribution is 2.29. The molecule has 0 aromatic rings. The molecule has 1 amide bonds. The van der Waals surface area contributed by atoms with Crippen molar-refractivity contribution in [2.75, 3.05) is 19.6 Å². The van der Waals surface area contributed by atoms with Gasteiger partial charge in [0.25, 0.3) is 5.91 Å². The fourth-order valence-corrected chi connectivity index (χ4v) is 1.65. The second-order valence-electron chi connectivity index (χ2n) is 3.83. The smallest absolute Gasteiger partial charge is 0.251 e. The van der Waals surface area contributed by atoms with Gasteiger partial charge in [0.1, 0.15) is 0 Å². The Morgan fingerprint density at radius 3 is 2.54 bits per heavy atom. The molecule has 0 bridgehead atoms. The molecule has 0 aliphatic carbocycles. The first-order valence-electron chi connectivity index (χ1n) is 4.82. The van der Waals surface area contributed by atoms with Crippen LogP contribution in [0.1, 0.15) is 26.7 Å². The van der Waals surface area contributed by atoms with E-state index in [1.54, 1.807) is 6.92 Å². The van der Waals surface area contributed by atoms with Crippen LogP contribution < -0.4 is 5.32 Å². The van der Waals surface area contributed by atoms with Crippen molar-refractivity contribution in [3.8, 4) is 0 Å². The van der Waals surface area contributed by atoms with Crippen molar-refractivity contribution in [1.82, 2.24) is 10.4 Å². The summed E-state index contributed by atoms with van der Waals surface area (Å²) in [7, 11) is 0. The molecule has 0 unspecified atom stereocenters. The zero-order valence-corrected chi connectivity index (χ0v) is 8.34. The van der Waals surface area contributed by atoms with Crippen LogP contribution in [-0.4, -0.2) is 35.8 Å². The minimum Gasteiger partial charge on any atom is -0.317 e. The first-order chi connectivity index (χ1) is 6.10. The van der Waals surface area contributed by atoms with Crippen LogP contribution in [-0.2, 0) is 4.79 Å². The molecule has 1 aliphatic rings. The van der Waals surface area contributed by atoms with Crippen LogP contribution in [0.25, 0.3) is 0 Å². The molecule has 13 heavy (non-hydrogen) atoms. The van der Waals surface area contributed by atoms with Gasteiger partial charge in [-0.2, -0.15) is 0 Å². The summed E-state index contributed by atoms with van der Waals surface area (Å²) in [6.45, 7) is 5.78. The molecule has 1 fully saturated rings. The summed E-state index contributed by atoms with van der Waals surface area (Å²) in [5, 5.41) is 13.3. The number of amides is 1. The summed E-state index contributed by atoms with van der Waals surface area (Å²) >= 11 is 0. The molecule has 1 saturated heterocycles. The van der Waals surface area contributed by atoms with E-state index in [1.165, 1.54) is 0 Å². The molecule has 4 heteroatoms. The molecule has 0 spiro atoms. The second-order valence-corrected chi connectivity index (χ2v) is 3.83. The predicted octanol–water partition coefficient (Wildman–Crippen LogP) is 0.614. The number of carbonyl (C=O) groups is 1. The first-order valence-corrected chi connectivity index (χ1v) is 4.82. The number of carbonyl (C=O) groups excluding carboxylic acids is 1. The van der Waals surface area contributed by atoms with Crippen molar-refractivity contribution in [2.24, 2.45) is 5.41 Å². The molecule has 2 N–H and O–H groups in total. The molecule has 0 aromatic carbocycles. The van der Waals surface area contributed by atoms with E-state index in [1.807, 2.05) is 6.92 Å². The fraction of sp³-hybridized carbons (Fsp3) is 0.889. The maximum atomic E-state index is 11.7. The summed E-state index contributed by atoms with van der Waals surface area (Å²) in [6.07, 6.45) is 1.62. The number of nitrogens with zero attached hydrogens (tertiary/aromatic N) is 1. The maximum absolute atomic E-state index is 11.7. The van der Waals surface area contributed by atoms with E-state index in [9.17, 15) is 10.0 Å².